The van der Waals surface area contributed by atoms with Crippen LogP contribution in [0.1, 0.15) is 42.7 Å². The van der Waals surface area contributed by atoms with E-state index in [1.165, 1.54) is 34.4 Å². The van der Waals surface area contributed by atoms with Gasteiger partial charge in [-0.1, -0.05) is 53.5 Å². The zero-order valence-corrected chi connectivity index (χ0v) is 23.6. The van der Waals surface area contributed by atoms with Gasteiger partial charge in [0.15, 0.2) is 10.1 Å². The fourth-order valence-electron chi connectivity index (χ4n) is 4.52. The predicted octanol–water partition coefficient (Wildman–Crippen LogP) is 4.00. The molecule has 1 unspecified atom stereocenters. The van der Waals surface area contributed by atoms with Gasteiger partial charge in [0.25, 0.3) is 0 Å². The number of allylic oxidation sites excluding steroid dienone is 3. The number of amides is 1. The predicted molar refractivity (Wildman–Crippen MR) is 149 cm³/mol. The Balaban J connectivity index is 1.41. The Morgan fingerprint density at radius 2 is 2.03 bits per heavy atom. The lowest BCUT2D eigenvalue weighted by molar-refractivity contribution is -0.116. The number of carbonyl (C=O) groups is 2. The molecular formula is C25H24N8O3S3. The van der Waals surface area contributed by atoms with Gasteiger partial charge in [0.1, 0.15) is 16.6 Å². The summed E-state index contributed by atoms with van der Waals surface area (Å²) < 4.78 is 5.83. The van der Waals surface area contributed by atoms with Gasteiger partial charge >= 0.3 is 0 Å². The SMILES string of the molecule is CCc1nnc(NC(=O)CSc2nnc(N3C(N)=C(C#N)C(c4ccc(OC)cc4)C4=C3CCCC4=O)s2)s1. The number of methoxy groups -OCH3 is 1. The lowest BCUT2D eigenvalue weighted by atomic mass is 9.76. The van der Waals surface area contributed by atoms with E-state index in [1.54, 1.807) is 24.1 Å². The average Bonchev–Trinajstić information content (AvgIpc) is 3.61. The number of Topliss-reactive ketones (excluding diaryl/α,β-unsaturated/α-hetero) is 1. The highest BCUT2D eigenvalue weighted by Gasteiger charge is 2.41. The Hall–Kier alpha value is -3.80. The highest BCUT2D eigenvalue weighted by molar-refractivity contribution is 8.01. The van der Waals surface area contributed by atoms with Crippen molar-refractivity contribution >= 4 is 56.4 Å². The van der Waals surface area contributed by atoms with Gasteiger partial charge in [0.2, 0.25) is 16.2 Å². The summed E-state index contributed by atoms with van der Waals surface area (Å²) in [5.74, 6) is 0.193. The third-order valence-corrected chi connectivity index (χ3v) is 9.32. The molecule has 0 bridgehead atoms. The number of rotatable bonds is 8. The number of nitriles is 1. The number of aromatic nitrogens is 4. The van der Waals surface area contributed by atoms with E-state index < -0.39 is 5.92 Å². The van der Waals surface area contributed by atoms with Crippen molar-refractivity contribution in [2.24, 2.45) is 5.73 Å². The molecule has 3 heterocycles. The van der Waals surface area contributed by atoms with Gasteiger partial charge in [-0.3, -0.25) is 19.8 Å². The number of nitrogens with one attached hydrogen (secondary N) is 1. The van der Waals surface area contributed by atoms with Gasteiger partial charge < -0.3 is 10.5 Å². The molecule has 0 radical (unpaired) electrons. The number of hydrogen-bond acceptors (Lipinski definition) is 13. The first-order valence-electron chi connectivity index (χ1n) is 12.1. The molecule has 2 aliphatic rings. The first kappa shape index (κ1) is 26.8. The number of ketones is 1. The van der Waals surface area contributed by atoms with Crippen molar-refractivity contribution in [3.8, 4) is 11.8 Å². The summed E-state index contributed by atoms with van der Waals surface area (Å²) in [6.45, 7) is 1.97. The van der Waals surface area contributed by atoms with Crippen molar-refractivity contribution in [3.63, 3.8) is 0 Å². The van der Waals surface area contributed by atoms with Crippen LogP contribution in [-0.2, 0) is 16.0 Å². The van der Waals surface area contributed by atoms with Crippen molar-refractivity contribution in [3.05, 3.63) is 57.5 Å². The topological polar surface area (TPSA) is 160 Å². The van der Waals surface area contributed by atoms with Gasteiger partial charge in [-0.2, -0.15) is 5.26 Å². The Kier molecular flexibility index (Phi) is 7.92. The number of hydrogen-bond donors (Lipinski definition) is 2. The lowest BCUT2D eigenvalue weighted by Crippen LogP contribution is -2.38. The second-order valence-corrected chi connectivity index (χ2v) is 11.9. The van der Waals surface area contributed by atoms with Crippen LogP contribution in [0.15, 0.2) is 51.3 Å². The van der Waals surface area contributed by atoms with E-state index in [0.29, 0.717) is 45.2 Å². The van der Waals surface area contributed by atoms with E-state index in [2.05, 4.69) is 31.8 Å². The first-order valence-corrected chi connectivity index (χ1v) is 14.7. The third kappa shape index (κ3) is 5.38. The molecule has 5 rings (SSSR count). The van der Waals surface area contributed by atoms with Crippen LogP contribution in [0, 0.1) is 11.3 Å². The van der Waals surface area contributed by atoms with E-state index in [0.717, 1.165) is 22.7 Å². The number of anilines is 2. The summed E-state index contributed by atoms with van der Waals surface area (Å²) in [5, 5.41) is 31.1. The molecule has 1 amide bonds. The van der Waals surface area contributed by atoms with Crippen LogP contribution in [0.5, 0.6) is 5.75 Å². The molecule has 1 aliphatic carbocycles. The van der Waals surface area contributed by atoms with Gasteiger partial charge in [0, 0.05) is 17.7 Å². The van der Waals surface area contributed by atoms with E-state index in [9.17, 15) is 14.9 Å². The highest BCUT2D eigenvalue weighted by Crippen LogP contribution is 2.47. The molecule has 0 saturated heterocycles. The molecule has 11 nitrogen and oxygen atoms in total. The largest absolute Gasteiger partial charge is 0.497 e. The number of carbonyl (C=O) groups excluding carboxylic acids is 2. The van der Waals surface area contributed by atoms with Crippen LogP contribution in [0.4, 0.5) is 10.3 Å². The number of aryl methyl sites for hydroxylation is 1. The monoisotopic (exact) mass is 580 g/mol. The molecular weight excluding hydrogens is 557 g/mol. The van der Waals surface area contributed by atoms with Gasteiger partial charge in [-0.05, 0) is 37.0 Å². The van der Waals surface area contributed by atoms with E-state index in [-0.39, 0.29) is 28.8 Å². The smallest absolute Gasteiger partial charge is 0.236 e. The summed E-state index contributed by atoms with van der Waals surface area (Å²) in [6.07, 6.45) is 2.43. The highest BCUT2D eigenvalue weighted by atomic mass is 32.2. The molecule has 200 valence electrons. The summed E-state index contributed by atoms with van der Waals surface area (Å²) in [4.78, 5) is 27.3. The second-order valence-electron chi connectivity index (χ2n) is 8.63. The van der Waals surface area contributed by atoms with Crippen molar-refractivity contribution in [1.29, 1.82) is 5.26 Å². The Bertz CT molecular complexity index is 1520. The van der Waals surface area contributed by atoms with Crippen LogP contribution in [-0.4, -0.2) is 44.9 Å². The van der Waals surface area contributed by atoms with Crippen molar-refractivity contribution in [1.82, 2.24) is 20.4 Å². The van der Waals surface area contributed by atoms with Gasteiger partial charge in [-0.25, -0.2) is 0 Å². The van der Waals surface area contributed by atoms with Crippen LogP contribution in [0.2, 0.25) is 0 Å². The molecule has 1 aromatic carbocycles. The molecule has 3 N–H and O–H groups in total. The molecule has 39 heavy (non-hydrogen) atoms. The Morgan fingerprint density at radius 3 is 2.72 bits per heavy atom. The average molecular weight is 581 g/mol. The Morgan fingerprint density at radius 1 is 1.23 bits per heavy atom. The summed E-state index contributed by atoms with van der Waals surface area (Å²) in [6, 6.07) is 9.56. The molecule has 2 aromatic heterocycles. The normalized spacial score (nSPS) is 17.2. The first-order chi connectivity index (χ1) is 18.9. The number of benzene rings is 1. The summed E-state index contributed by atoms with van der Waals surface area (Å²) >= 11 is 3.82. The second kappa shape index (κ2) is 11.5. The minimum absolute atomic E-state index is 0.0130. The summed E-state index contributed by atoms with van der Waals surface area (Å²) in [7, 11) is 1.58. The van der Waals surface area contributed by atoms with Crippen LogP contribution in [0.3, 0.4) is 0 Å². The fourth-order valence-corrected chi connectivity index (χ4v) is 6.89. The van der Waals surface area contributed by atoms with Crippen LogP contribution >= 0.6 is 34.4 Å². The Labute approximate surface area is 236 Å². The number of ether oxygens (including phenoxy) is 1. The molecule has 0 fully saturated rings. The minimum atomic E-state index is -0.570. The molecule has 1 aliphatic heterocycles. The van der Waals surface area contributed by atoms with E-state index in [4.69, 9.17) is 10.5 Å². The lowest BCUT2D eigenvalue weighted by Gasteiger charge is -2.38. The zero-order chi connectivity index (χ0) is 27.5. The van der Waals surface area contributed by atoms with Crippen molar-refractivity contribution in [2.75, 3.05) is 23.1 Å². The minimum Gasteiger partial charge on any atom is -0.497 e. The third-order valence-electron chi connectivity index (χ3n) is 6.29. The molecule has 1 atom stereocenters. The maximum atomic E-state index is 13.3. The standard InChI is InChI=1S/C25H24N8O3S3/c1-3-19-29-30-23(38-19)28-18(35)12-37-25-32-31-24(39-25)33-16-5-4-6-17(34)21(16)20(15(11-26)22(33)27)13-7-9-14(36-2)10-8-13/h7-10,20H,3-6,12,27H2,1-2H3,(H,28,30,35). The quantitative estimate of drug-likeness (QED) is 0.371. The maximum absolute atomic E-state index is 13.3. The van der Waals surface area contributed by atoms with E-state index >= 15 is 0 Å². The maximum Gasteiger partial charge on any atom is 0.236 e. The van der Waals surface area contributed by atoms with Gasteiger partial charge in [0.05, 0.1) is 30.4 Å². The van der Waals surface area contributed by atoms with Crippen molar-refractivity contribution in [2.45, 2.75) is 42.9 Å². The molecule has 0 spiro atoms. The summed E-state index contributed by atoms with van der Waals surface area (Å²) in [5.41, 5.74) is 8.96. The van der Waals surface area contributed by atoms with Crippen molar-refractivity contribution < 1.29 is 14.3 Å². The number of nitrogens with zero attached hydrogens (tertiary/aromatic N) is 6. The van der Waals surface area contributed by atoms with E-state index in [1.807, 2.05) is 19.1 Å². The molecule has 0 saturated carbocycles. The molecule has 14 heteroatoms. The van der Waals surface area contributed by atoms with Crippen LogP contribution < -0.4 is 20.7 Å². The zero-order valence-electron chi connectivity index (χ0n) is 21.1. The van der Waals surface area contributed by atoms with Gasteiger partial charge in [-0.15, -0.1) is 20.4 Å². The number of thioether (sulfide) groups is 1. The van der Waals surface area contributed by atoms with Crippen LogP contribution in [0.25, 0.3) is 0 Å². The molecule has 3 aromatic rings. The fraction of sp³-hybridized carbons (Fsp3) is 0.320. The number of nitrogens with two attached hydrogens (primary N) is 1.